The first-order valence-electron chi connectivity index (χ1n) is 5.24. The molecule has 1 N–H and O–H groups in total. The maximum atomic E-state index is 11.6. The summed E-state index contributed by atoms with van der Waals surface area (Å²) in [6.07, 6.45) is 1.42. The maximum absolute atomic E-state index is 11.6. The van der Waals surface area contributed by atoms with Gasteiger partial charge in [0.15, 0.2) is 0 Å². The van der Waals surface area contributed by atoms with Crippen molar-refractivity contribution >= 4 is 11.6 Å². The van der Waals surface area contributed by atoms with Crippen molar-refractivity contribution in [2.75, 3.05) is 11.9 Å². The average molecular weight is 232 g/mol. The molecule has 1 heterocycles. The molecule has 1 aromatic heterocycles. The number of benzene rings is 1. The van der Waals surface area contributed by atoms with Crippen LogP contribution < -0.4 is 10.1 Å². The molecule has 17 heavy (non-hydrogen) atoms. The van der Waals surface area contributed by atoms with Gasteiger partial charge in [-0.25, -0.2) is 0 Å². The van der Waals surface area contributed by atoms with Crippen molar-refractivity contribution in [2.45, 2.75) is 6.92 Å². The third-order valence-electron chi connectivity index (χ3n) is 2.08. The zero-order valence-electron chi connectivity index (χ0n) is 9.34. The standard InChI is InChI=1S/C12H12N2O3/c1-2-16-10-5-3-9(4-6-10)14-12(15)11-7-8-13-17-11/h3-8H,2H2,1H3,(H,14,15). The number of carbonyl (C=O) groups excluding carboxylic acids is 1. The predicted molar refractivity (Wildman–Crippen MR) is 62.1 cm³/mol. The van der Waals surface area contributed by atoms with E-state index in [1.165, 1.54) is 12.3 Å². The van der Waals surface area contributed by atoms with Gasteiger partial charge in [-0.05, 0) is 31.2 Å². The Morgan fingerprint density at radius 2 is 2.12 bits per heavy atom. The van der Waals surface area contributed by atoms with E-state index in [-0.39, 0.29) is 11.7 Å². The molecule has 0 aliphatic heterocycles. The lowest BCUT2D eigenvalue weighted by atomic mass is 10.3. The summed E-state index contributed by atoms with van der Waals surface area (Å²) in [5.41, 5.74) is 0.676. The molecule has 1 aromatic carbocycles. The summed E-state index contributed by atoms with van der Waals surface area (Å²) in [6, 6.07) is 8.61. The van der Waals surface area contributed by atoms with Gasteiger partial charge < -0.3 is 14.6 Å². The summed E-state index contributed by atoms with van der Waals surface area (Å²) in [4.78, 5) is 11.6. The van der Waals surface area contributed by atoms with Crippen molar-refractivity contribution in [2.24, 2.45) is 0 Å². The summed E-state index contributed by atoms with van der Waals surface area (Å²) in [7, 11) is 0. The van der Waals surface area contributed by atoms with E-state index in [4.69, 9.17) is 9.26 Å². The van der Waals surface area contributed by atoms with Crippen molar-refractivity contribution in [3.05, 3.63) is 42.3 Å². The van der Waals surface area contributed by atoms with E-state index in [0.717, 1.165) is 5.75 Å². The van der Waals surface area contributed by atoms with Gasteiger partial charge >= 0.3 is 0 Å². The van der Waals surface area contributed by atoms with Crippen molar-refractivity contribution in [1.29, 1.82) is 0 Å². The van der Waals surface area contributed by atoms with Crippen LogP contribution in [0.5, 0.6) is 5.75 Å². The molecule has 0 radical (unpaired) electrons. The fourth-order valence-electron chi connectivity index (χ4n) is 1.33. The van der Waals surface area contributed by atoms with Gasteiger partial charge in [0.05, 0.1) is 12.8 Å². The number of ether oxygens (including phenoxy) is 1. The molecular formula is C12H12N2O3. The monoisotopic (exact) mass is 232 g/mol. The van der Waals surface area contributed by atoms with Gasteiger partial charge in [-0.2, -0.15) is 0 Å². The Bertz CT molecular complexity index is 477. The Labute approximate surface area is 98.4 Å². The molecule has 2 aromatic rings. The first-order chi connectivity index (χ1) is 8.29. The number of aromatic nitrogens is 1. The molecule has 0 unspecified atom stereocenters. The van der Waals surface area contributed by atoms with E-state index in [1.807, 2.05) is 6.92 Å². The smallest absolute Gasteiger partial charge is 0.294 e. The number of amides is 1. The molecule has 1 amide bonds. The fraction of sp³-hybridized carbons (Fsp3) is 0.167. The summed E-state index contributed by atoms with van der Waals surface area (Å²) in [5.74, 6) is 0.621. The molecule has 0 aliphatic carbocycles. The zero-order valence-corrected chi connectivity index (χ0v) is 9.34. The first-order valence-corrected chi connectivity index (χ1v) is 5.24. The van der Waals surface area contributed by atoms with Crippen LogP contribution in [-0.4, -0.2) is 17.7 Å². The van der Waals surface area contributed by atoms with Gasteiger partial charge in [-0.1, -0.05) is 5.16 Å². The Kier molecular flexibility index (Phi) is 3.40. The number of hydrogen-bond acceptors (Lipinski definition) is 4. The number of hydrogen-bond donors (Lipinski definition) is 1. The van der Waals surface area contributed by atoms with Crippen LogP contribution in [0.1, 0.15) is 17.5 Å². The first kappa shape index (κ1) is 11.2. The molecule has 0 aliphatic rings. The molecule has 5 nitrogen and oxygen atoms in total. The second-order valence-corrected chi connectivity index (χ2v) is 3.29. The Balaban J connectivity index is 2.01. The summed E-state index contributed by atoms with van der Waals surface area (Å²) in [6.45, 7) is 2.53. The molecule has 0 bridgehead atoms. The van der Waals surface area contributed by atoms with Crippen LogP contribution in [0.15, 0.2) is 41.1 Å². The number of rotatable bonds is 4. The highest BCUT2D eigenvalue weighted by Crippen LogP contribution is 2.16. The zero-order chi connectivity index (χ0) is 12.1. The van der Waals surface area contributed by atoms with E-state index in [2.05, 4.69) is 10.5 Å². The quantitative estimate of drug-likeness (QED) is 0.878. The molecule has 0 spiro atoms. The molecule has 5 heteroatoms. The van der Waals surface area contributed by atoms with Crippen molar-refractivity contribution in [3.8, 4) is 5.75 Å². The lowest BCUT2D eigenvalue weighted by Gasteiger charge is -2.05. The Morgan fingerprint density at radius 3 is 2.71 bits per heavy atom. The van der Waals surface area contributed by atoms with E-state index < -0.39 is 0 Å². The molecule has 0 atom stereocenters. The van der Waals surface area contributed by atoms with Crippen LogP contribution in [0.4, 0.5) is 5.69 Å². The minimum absolute atomic E-state index is 0.180. The molecular weight excluding hydrogens is 220 g/mol. The third kappa shape index (κ3) is 2.84. The van der Waals surface area contributed by atoms with Crippen LogP contribution in [0, 0.1) is 0 Å². The van der Waals surface area contributed by atoms with Gasteiger partial charge in [0.25, 0.3) is 5.91 Å². The van der Waals surface area contributed by atoms with Crippen LogP contribution in [-0.2, 0) is 0 Å². The van der Waals surface area contributed by atoms with Gasteiger partial charge in [-0.3, -0.25) is 4.79 Å². The number of nitrogens with one attached hydrogen (secondary N) is 1. The van der Waals surface area contributed by atoms with E-state index in [1.54, 1.807) is 24.3 Å². The molecule has 0 saturated carbocycles. The maximum Gasteiger partial charge on any atom is 0.294 e. The van der Waals surface area contributed by atoms with Crippen LogP contribution in [0.3, 0.4) is 0 Å². The molecule has 88 valence electrons. The Morgan fingerprint density at radius 1 is 1.35 bits per heavy atom. The van der Waals surface area contributed by atoms with E-state index in [9.17, 15) is 4.79 Å². The lowest BCUT2D eigenvalue weighted by molar-refractivity contribution is 0.0988. The summed E-state index contributed by atoms with van der Waals surface area (Å²) < 4.78 is 10.0. The SMILES string of the molecule is CCOc1ccc(NC(=O)c2ccno2)cc1. The predicted octanol–water partition coefficient (Wildman–Crippen LogP) is 2.33. The van der Waals surface area contributed by atoms with E-state index >= 15 is 0 Å². The fourth-order valence-corrected chi connectivity index (χ4v) is 1.33. The summed E-state index contributed by atoms with van der Waals surface area (Å²) >= 11 is 0. The minimum Gasteiger partial charge on any atom is -0.494 e. The topological polar surface area (TPSA) is 64.4 Å². The largest absolute Gasteiger partial charge is 0.494 e. The normalized spacial score (nSPS) is 9.94. The lowest BCUT2D eigenvalue weighted by Crippen LogP contribution is -2.10. The number of nitrogens with zero attached hydrogens (tertiary/aromatic N) is 1. The van der Waals surface area contributed by atoms with Gasteiger partial charge in [0.1, 0.15) is 5.75 Å². The van der Waals surface area contributed by atoms with Crippen LogP contribution in [0.2, 0.25) is 0 Å². The van der Waals surface area contributed by atoms with Gasteiger partial charge in [-0.15, -0.1) is 0 Å². The van der Waals surface area contributed by atoms with Gasteiger partial charge in [0.2, 0.25) is 5.76 Å². The van der Waals surface area contributed by atoms with Crippen LogP contribution in [0.25, 0.3) is 0 Å². The average Bonchev–Trinajstić information content (AvgIpc) is 2.86. The highest BCUT2D eigenvalue weighted by molar-refractivity contribution is 6.02. The van der Waals surface area contributed by atoms with Crippen molar-refractivity contribution in [1.82, 2.24) is 5.16 Å². The van der Waals surface area contributed by atoms with Crippen LogP contribution >= 0.6 is 0 Å². The van der Waals surface area contributed by atoms with Crippen molar-refractivity contribution < 1.29 is 14.1 Å². The summed E-state index contributed by atoms with van der Waals surface area (Å²) in [5, 5.41) is 6.15. The number of carbonyl (C=O) groups is 1. The van der Waals surface area contributed by atoms with Crippen molar-refractivity contribution in [3.63, 3.8) is 0 Å². The molecule has 0 saturated heterocycles. The molecule has 0 fully saturated rings. The third-order valence-corrected chi connectivity index (χ3v) is 2.08. The second kappa shape index (κ2) is 5.16. The Hall–Kier alpha value is -2.30. The highest BCUT2D eigenvalue weighted by atomic mass is 16.5. The minimum atomic E-state index is -0.327. The van der Waals surface area contributed by atoms with E-state index in [0.29, 0.717) is 12.3 Å². The number of anilines is 1. The van der Waals surface area contributed by atoms with Gasteiger partial charge in [0, 0.05) is 11.8 Å². The second-order valence-electron chi connectivity index (χ2n) is 3.29. The molecule has 2 rings (SSSR count). The highest BCUT2D eigenvalue weighted by Gasteiger charge is 2.09.